The Labute approximate surface area is 62.3 Å². The predicted molar refractivity (Wildman–Crippen MR) is 42.8 cm³/mol. The van der Waals surface area contributed by atoms with E-state index in [1.54, 1.807) is 0 Å². The van der Waals surface area contributed by atoms with Crippen LogP contribution in [0, 0.1) is 0 Å². The molecular formula is C7H12BN2. The second-order valence-corrected chi connectivity index (χ2v) is 2.85. The highest BCUT2D eigenvalue weighted by Crippen LogP contribution is 2.15. The lowest BCUT2D eigenvalue weighted by Crippen LogP contribution is -2.37. The fourth-order valence-electron chi connectivity index (χ4n) is 1.55. The summed E-state index contributed by atoms with van der Waals surface area (Å²) in [6.07, 6.45) is 3.74. The lowest BCUT2D eigenvalue weighted by molar-refractivity contribution is 0.609. The van der Waals surface area contributed by atoms with E-state index in [1.807, 2.05) is 0 Å². The van der Waals surface area contributed by atoms with E-state index in [9.17, 15) is 0 Å². The average molecular weight is 135 g/mol. The van der Waals surface area contributed by atoms with Gasteiger partial charge in [0.15, 0.2) is 7.28 Å². The number of nitrogens with one attached hydrogen (secondary N) is 2. The van der Waals surface area contributed by atoms with Crippen molar-refractivity contribution < 1.29 is 0 Å². The topological polar surface area (TPSA) is 24.1 Å². The number of allylic oxidation sites excluding steroid dienone is 1. The molecule has 0 saturated carbocycles. The molecule has 0 amide bonds. The van der Waals surface area contributed by atoms with Crippen LogP contribution in [0.25, 0.3) is 0 Å². The van der Waals surface area contributed by atoms with Gasteiger partial charge in [-0.3, -0.25) is 0 Å². The molecule has 1 radical (unpaired) electrons. The molecule has 0 aliphatic carbocycles. The van der Waals surface area contributed by atoms with Crippen LogP contribution in [0.4, 0.5) is 0 Å². The van der Waals surface area contributed by atoms with Gasteiger partial charge in [0, 0.05) is 13.1 Å². The molecule has 0 aromatic heterocycles. The Morgan fingerprint density at radius 1 is 1.20 bits per heavy atom. The Morgan fingerprint density at radius 2 is 2.10 bits per heavy atom. The lowest BCUT2D eigenvalue weighted by atomic mass is 9.62. The Morgan fingerprint density at radius 3 is 3.00 bits per heavy atom. The largest absolute Gasteiger partial charge is 0.373 e. The highest BCUT2D eigenvalue weighted by Gasteiger charge is 2.15. The van der Waals surface area contributed by atoms with Crippen molar-refractivity contribution in [2.45, 2.75) is 19.2 Å². The molecule has 10 heavy (non-hydrogen) atoms. The fourth-order valence-corrected chi connectivity index (χ4v) is 1.55. The molecule has 0 unspecified atom stereocenters. The fraction of sp³-hybridized carbons (Fsp3) is 0.714. The maximum Gasteiger partial charge on any atom is 0.152 e. The Hall–Kier alpha value is -0.595. The maximum atomic E-state index is 3.36. The van der Waals surface area contributed by atoms with Crippen LogP contribution in [0.3, 0.4) is 0 Å². The van der Waals surface area contributed by atoms with E-state index in [2.05, 4.69) is 17.9 Å². The molecule has 53 valence electrons. The summed E-state index contributed by atoms with van der Waals surface area (Å²) in [5.41, 5.74) is 1.50. The summed E-state index contributed by atoms with van der Waals surface area (Å²) in [5.74, 6) is 1.29. The van der Waals surface area contributed by atoms with E-state index in [1.165, 1.54) is 30.5 Å². The van der Waals surface area contributed by atoms with E-state index in [4.69, 9.17) is 0 Å². The molecule has 0 saturated heterocycles. The van der Waals surface area contributed by atoms with Crippen molar-refractivity contribution in [3.05, 3.63) is 11.3 Å². The second-order valence-electron chi connectivity index (χ2n) is 2.85. The number of hydrogen-bond donors (Lipinski definition) is 2. The van der Waals surface area contributed by atoms with Crippen molar-refractivity contribution in [1.82, 2.24) is 10.6 Å². The zero-order valence-corrected chi connectivity index (χ0v) is 6.11. The number of rotatable bonds is 0. The standard InChI is InChI=1S/C7H12BN2/c1-2-6-7(9-4-1)10-5-3-8-6/h9-10H,1-5H2. The molecule has 0 spiro atoms. The summed E-state index contributed by atoms with van der Waals surface area (Å²) in [5, 5.41) is 6.72. The Kier molecular flexibility index (Phi) is 1.57. The van der Waals surface area contributed by atoms with Gasteiger partial charge >= 0.3 is 0 Å². The first-order chi connectivity index (χ1) is 4.97. The minimum absolute atomic E-state index is 1.10. The summed E-state index contributed by atoms with van der Waals surface area (Å²) in [4.78, 5) is 0. The van der Waals surface area contributed by atoms with Crippen molar-refractivity contribution in [1.29, 1.82) is 0 Å². The van der Waals surface area contributed by atoms with E-state index >= 15 is 0 Å². The lowest BCUT2D eigenvalue weighted by Gasteiger charge is -2.26. The summed E-state index contributed by atoms with van der Waals surface area (Å²) in [7, 11) is 2.35. The summed E-state index contributed by atoms with van der Waals surface area (Å²) in [6, 6.07) is 0. The van der Waals surface area contributed by atoms with E-state index in [0.29, 0.717) is 0 Å². The minimum atomic E-state index is 1.10. The molecule has 2 aliphatic rings. The highest BCUT2D eigenvalue weighted by molar-refractivity contribution is 6.45. The normalized spacial score (nSPS) is 24.0. The molecule has 2 nitrogen and oxygen atoms in total. The molecule has 0 bridgehead atoms. The van der Waals surface area contributed by atoms with Gasteiger partial charge in [0.1, 0.15) is 0 Å². The van der Waals surface area contributed by atoms with Crippen LogP contribution in [-0.4, -0.2) is 20.4 Å². The van der Waals surface area contributed by atoms with E-state index in [0.717, 1.165) is 13.1 Å². The van der Waals surface area contributed by atoms with Crippen molar-refractivity contribution in [3.63, 3.8) is 0 Å². The van der Waals surface area contributed by atoms with Gasteiger partial charge in [-0.15, -0.1) is 0 Å². The summed E-state index contributed by atoms with van der Waals surface area (Å²) in [6.45, 7) is 2.24. The first-order valence-corrected chi connectivity index (χ1v) is 4.01. The SMILES string of the molecule is [B]1CCNC2=C1CCCN2. The molecule has 0 atom stereocenters. The van der Waals surface area contributed by atoms with Crippen LogP contribution in [0.1, 0.15) is 12.8 Å². The molecule has 2 aliphatic heterocycles. The molecule has 0 aromatic carbocycles. The van der Waals surface area contributed by atoms with Gasteiger partial charge < -0.3 is 10.6 Å². The quantitative estimate of drug-likeness (QED) is 0.465. The zero-order valence-electron chi connectivity index (χ0n) is 6.11. The van der Waals surface area contributed by atoms with Crippen molar-refractivity contribution in [2.24, 2.45) is 0 Å². The van der Waals surface area contributed by atoms with Crippen molar-refractivity contribution in [2.75, 3.05) is 13.1 Å². The van der Waals surface area contributed by atoms with Gasteiger partial charge in [0.2, 0.25) is 0 Å². The first kappa shape index (κ1) is 6.14. The Balaban J connectivity index is 2.14. The van der Waals surface area contributed by atoms with Gasteiger partial charge in [0.05, 0.1) is 5.82 Å². The second kappa shape index (κ2) is 2.56. The van der Waals surface area contributed by atoms with Gasteiger partial charge in [-0.1, -0.05) is 11.8 Å². The van der Waals surface area contributed by atoms with Crippen LogP contribution in [-0.2, 0) is 0 Å². The molecular weight excluding hydrogens is 123 g/mol. The average Bonchev–Trinajstić information content (AvgIpc) is 2.05. The summed E-state index contributed by atoms with van der Waals surface area (Å²) < 4.78 is 0. The van der Waals surface area contributed by atoms with Crippen LogP contribution >= 0.6 is 0 Å². The van der Waals surface area contributed by atoms with Crippen LogP contribution in [0.2, 0.25) is 6.32 Å². The molecule has 2 N–H and O–H groups in total. The maximum absolute atomic E-state index is 3.36. The van der Waals surface area contributed by atoms with Crippen LogP contribution in [0.5, 0.6) is 0 Å². The first-order valence-electron chi connectivity index (χ1n) is 4.01. The van der Waals surface area contributed by atoms with Gasteiger partial charge in [-0.2, -0.15) is 0 Å². The third-order valence-corrected chi connectivity index (χ3v) is 2.08. The van der Waals surface area contributed by atoms with Gasteiger partial charge in [-0.25, -0.2) is 0 Å². The molecule has 0 fully saturated rings. The smallest absolute Gasteiger partial charge is 0.152 e. The summed E-state index contributed by atoms with van der Waals surface area (Å²) >= 11 is 0. The van der Waals surface area contributed by atoms with Crippen LogP contribution < -0.4 is 10.6 Å². The minimum Gasteiger partial charge on any atom is -0.373 e. The highest BCUT2D eigenvalue weighted by atomic mass is 15.1. The van der Waals surface area contributed by atoms with Gasteiger partial charge in [-0.05, 0) is 12.8 Å². The molecule has 2 rings (SSSR count). The van der Waals surface area contributed by atoms with Crippen molar-refractivity contribution in [3.8, 4) is 0 Å². The molecule has 0 aromatic rings. The van der Waals surface area contributed by atoms with E-state index in [-0.39, 0.29) is 0 Å². The molecule has 3 heteroatoms. The Bertz CT molecular complexity index is 131. The monoisotopic (exact) mass is 135 g/mol. The molecule has 2 heterocycles. The van der Waals surface area contributed by atoms with Crippen molar-refractivity contribution >= 4 is 7.28 Å². The zero-order chi connectivity index (χ0) is 6.81. The third kappa shape index (κ3) is 1.00. The van der Waals surface area contributed by atoms with E-state index < -0.39 is 0 Å². The predicted octanol–water partition coefficient (Wildman–Crippen LogP) is 0.265. The van der Waals surface area contributed by atoms with Crippen LogP contribution in [0.15, 0.2) is 11.3 Å². The number of hydrogen-bond acceptors (Lipinski definition) is 2. The third-order valence-electron chi connectivity index (χ3n) is 2.08. The van der Waals surface area contributed by atoms with Gasteiger partial charge in [0.25, 0.3) is 0 Å².